The first-order valence-corrected chi connectivity index (χ1v) is 4.37. The van der Waals surface area contributed by atoms with E-state index in [1.54, 1.807) is 19.4 Å². The average Bonchev–Trinajstić information content (AvgIpc) is 2.66. The Kier molecular flexibility index (Phi) is 3.46. The van der Waals surface area contributed by atoms with Crippen LogP contribution in [0.3, 0.4) is 0 Å². The van der Waals surface area contributed by atoms with Crippen molar-refractivity contribution in [2.24, 2.45) is 0 Å². The number of methoxy groups -OCH3 is 1. The van der Waals surface area contributed by atoms with E-state index < -0.39 is 0 Å². The summed E-state index contributed by atoms with van der Waals surface area (Å²) in [5.41, 5.74) is 2.57. The third-order valence-electron chi connectivity index (χ3n) is 2.01. The van der Waals surface area contributed by atoms with Gasteiger partial charge in [-0.25, -0.2) is 0 Å². The molecule has 0 spiro atoms. The highest BCUT2D eigenvalue weighted by Gasteiger charge is 2.23. The molecule has 0 fully saturated rings. The molecule has 3 N–H and O–H groups in total. The third kappa shape index (κ3) is 2.35. The Morgan fingerprint density at radius 3 is 2.13 bits per heavy atom. The summed E-state index contributed by atoms with van der Waals surface area (Å²) in [4.78, 5) is 0. The lowest BCUT2D eigenvalue weighted by Gasteiger charge is -1.79. The second kappa shape index (κ2) is 4.61. The van der Waals surface area contributed by atoms with Gasteiger partial charge in [-0.15, -0.1) is 0 Å². The second-order valence-corrected chi connectivity index (χ2v) is 3.01. The maximum Gasteiger partial charge on any atom is 0.134 e. The van der Waals surface area contributed by atoms with Gasteiger partial charge < -0.3 is 15.4 Å². The zero-order chi connectivity index (χ0) is 9.97. The predicted molar refractivity (Wildman–Crippen MR) is 58.3 cm³/mol. The van der Waals surface area contributed by atoms with E-state index in [1.165, 1.54) is 11.1 Å². The van der Waals surface area contributed by atoms with Gasteiger partial charge in [-0.05, 0) is 6.92 Å². The molecule has 1 aromatic heterocycles. The normalized spacial score (nSPS) is 9.47. The van der Waals surface area contributed by atoms with Crippen LogP contribution in [0.5, 0.6) is 5.75 Å². The number of fused-ring (bicyclic) bond motifs is 1. The minimum Gasteiger partial charge on any atom is -0.495 e. The van der Waals surface area contributed by atoms with E-state index in [0.717, 1.165) is 11.5 Å². The number of aryl methyl sites for hydroxylation is 1. The van der Waals surface area contributed by atoms with Crippen molar-refractivity contribution >= 4 is 0 Å². The summed E-state index contributed by atoms with van der Waals surface area (Å²) in [6.07, 6.45) is 1.62. The van der Waals surface area contributed by atoms with Gasteiger partial charge in [-0.2, -0.15) is 0 Å². The molecule has 3 rings (SSSR count). The highest BCUT2D eigenvalue weighted by molar-refractivity contribution is 5.94. The highest BCUT2D eigenvalue weighted by atomic mass is 16.5. The van der Waals surface area contributed by atoms with Crippen molar-refractivity contribution in [3.05, 3.63) is 36.2 Å². The van der Waals surface area contributed by atoms with Crippen molar-refractivity contribution in [1.29, 1.82) is 0 Å². The summed E-state index contributed by atoms with van der Waals surface area (Å²) in [6.45, 7) is 1.85. The molecule has 0 unspecified atom stereocenters. The molecule has 15 heavy (non-hydrogen) atoms. The van der Waals surface area contributed by atoms with Crippen LogP contribution in [0.2, 0.25) is 0 Å². The fourth-order valence-electron chi connectivity index (χ4n) is 1.27. The van der Waals surface area contributed by atoms with Gasteiger partial charge in [0.2, 0.25) is 0 Å². The molecule has 0 radical (unpaired) electrons. The largest absolute Gasteiger partial charge is 0.495 e. The van der Waals surface area contributed by atoms with Crippen molar-refractivity contribution in [2.45, 2.75) is 6.92 Å². The van der Waals surface area contributed by atoms with Gasteiger partial charge in [0.15, 0.2) is 0 Å². The minimum atomic E-state index is 0. The van der Waals surface area contributed by atoms with Gasteiger partial charge in [0.25, 0.3) is 0 Å². The number of ether oxygens (including phenoxy) is 1. The van der Waals surface area contributed by atoms with Crippen molar-refractivity contribution in [1.82, 2.24) is 11.3 Å². The molecule has 0 aromatic carbocycles. The molecular weight excluding hydrogens is 192 g/mol. The topological polar surface area (TPSA) is 70.3 Å². The Labute approximate surface area is 88.4 Å². The summed E-state index contributed by atoms with van der Waals surface area (Å²) in [6, 6.07) is 7.97. The van der Waals surface area contributed by atoms with Crippen LogP contribution in [0.1, 0.15) is 5.76 Å². The van der Waals surface area contributed by atoms with E-state index >= 15 is 0 Å². The lowest BCUT2D eigenvalue weighted by Crippen LogP contribution is -1.69. The van der Waals surface area contributed by atoms with Crippen LogP contribution in [0, 0.1) is 6.92 Å². The van der Waals surface area contributed by atoms with Crippen LogP contribution in [0.4, 0.5) is 0 Å². The smallest absolute Gasteiger partial charge is 0.134 e. The van der Waals surface area contributed by atoms with Gasteiger partial charge >= 0.3 is 0 Å². The fraction of sp³-hybridized carbons (Fsp3) is 0.182. The number of hydrogen-bond acceptors (Lipinski definition) is 4. The average molecular weight is 206 g/mol. The van der Waals surface area contributed by atoms with Gasteiger partial charge in [0.1, 0.15) is 11.5 Å². The summed E-state index contributed by atoms with van der Waals surface area (Å²) in [5, 5.41) is 3.45. The van der Waals surface area contributed by atoms with Crippen LogP contribution in [-0.2, 0) is 0 Å². The Balaban J connectivity index is 0.000000146. The van der Waals surface area contributed by atoms with Crippen LogP contribution in [0.15, 0.2) is 35.0 Å². The van der Waals surface area contributed by atoms with E-state index in [-0.39, 0.29) is 6.15 Å². The Hall–Kier alpha value is -1.81. The fourth-order valence-corrected chi connectivity index (χ4v) is 1.27. The number of aromatic nitrogens is 1. The highest BCUT2D eigenvalue weighted by Crippen LogP contribution is 2.50. The first-order chi connectivity index (χ1) is 6.83. The molecule has 80 valence electrons. The van der Waals surface area contributed by atoms with E-state index in [1.807, 2.05) is 13.0 Å². The lowest BCUT2D eigenvalue weighted by molar-refractivity contribution is 0.397. The Bertz CT molecular complexity index is 404. The van der Waals surface area contributed by atoms with Crippen molar-refractivity contribution < 1.29 is 9.26 Å². The Morgan fingerprint density at radius 2 is 1.87 bits per heavy atom. The molecular formula is C11H14N2O2. The number of nitrogens with zero attached hydrogens (tertiary/aromatic N) is 1. The minimum absolute atomic E-state index is 0. The first kappa shape index (κ1) is 11.3. The maximum absolute atomic E-state index is 4.99. The summed E-state index contributed by atoms with van der Waals surface area (Å²) in [5.74, 6) is 1.93. The standard InChI is InChI=1S/C7H6O.C4H5NO.H3N/c1-8-7-5-3-2-4-6(5)7;1-4-2-3-5-6-4;/h2-4H,1H3;2-3H,1H3;1H3. The predicted octanol–water partition coefficient (Wildman–Crippen LogP) is 2.82. The van der Waals surface area contributed by atoms with Gasteiger partial charge in [0.05, 0.1) is 13.3 Å². The molecule has 1 aromatic rings. The third-order valence-corrected chi connectivity index (χ3v) is 2.01. The number of benzene rings is 1. The van der Waals surface area contributed by atoms with Crippen molar-refractivity contribution in [2.75, 3.05) is 7.11 Å². The van der Waals surface area contributed by atoms with Crippen LogP contribution < -0.4 is 10.9 Å². The summed E-state index contributed by atoms with van der Waals surface area (Å²) >= 11 is 0. The molecule has 2 aliphatic carbocycles. The molecule has 0 bridgehead atoms. The molecule has 2 aliphatic rings. The molecule has 1 heterocycles. The molecule has 4 heteroatoms. The van der Waals surface area contributed by atoms with E-state index in [4.69, 9.17) is 4.74 Å². The number of para-hydroxylation sites is 1. The first-order valence-electron chi connectivity index (χ1n) is 4.37. The maximum atomic E-state index is 4.99. The zero-order valence-corrected chi connectivity index (χ0v) is 8.86. The van der Waals surface area contributed by atoms with Gasteiger partial charge in [-0.3, -0.25) is 0 Å². The molecule has 0 atom stereocenters. The van der Waals surface area contributed by atoms with E-state index in [2.05, 4.69) is 21.8 Å². The van der Waals surface area contributed by atoms with Crippen LogP contribution in [0.25, 0.3) is 11.1 Å². The summed E-state index contributed by atoms with van der Waals surface area (Å²) in [7, 11) is 1.70. The van der Waals surface area contributed by atoms with Crippen LogP contribution in [-0.4, -0.2) is 12.3 Å². The van der Waals surface area contributed by atoms with E-state index in [9.17, 15) is 0 Å². The number of hydrogen-bond donors (Lipinski definition) is 1. The molecule has 0 aliphatic heterocycles. The molecule has 4 nitrogen and oxygen atoms in total. The second-order valence-electron chi connectivity index (χ2n) is 3.01. The van der Waals surface area contributed by atoms with Crippen LogP contribution >= 0.6 is 0 Å². The lowest BCUT2D eigenvalue weighted by atomic mass is 10.5. The van der Waals surface area contributed by atoms with Gasteiger partial charge in [0, 0.05) is 17.2 Å². The van der Waals surface area contributed by atoms with Crippen molar-refractivity contribution in [3.63, 3.8) is 0 Å². The quantitative estimate of drug-likeness (QED) is 0.664. The van der Waals surface area contributed by atoms with Crippen molar-refractivity contribution in [3.8, 4) is 16.9 Å². The molecule has 0 amide bonds. The molecule has 0 saturated heterocycles. The molecule has 0 saturated carbocycles. The number of rotatable bonds is 1. The zero-order valence-electron chi connectivity index (χ0n) is 8.86. The monoisotopic (exact) mass is 206 g/mol. The SMILES string of the molecule is COc1c2cccc1-2.Cc1ccno1.N. The van der Waals surface area contributed by atoms with Gasteiger partial charge in [-0.1, -0.05) is 23.4 Å². The van der Waals surface area contributed by atoms with E-state index in [0.29, 0.717) is 0 Å². The summed E-state index contributed by atoms with van der Waals surface area (Å²) < 4.78 is 9.57. The Morgan fingerprint density at radius 1 is 1.20 bits per heavy atom.